The zero-order valence-electron chi connectivity index (χ0n) is 9.40. The predicted molar refractivity (Wildman–Crippen MR) is 59.7 cm³/mol. The Labute approximate surface area is 91.9 Å². The lowest BCUT2D eigenvalue weighted by molar-refractivity contribution is -0.0964. The first-order valence-corrected chi connectivity index (χ1v) is 6.47. The molecule has 0 amide bonds. The summed E-state index contributed by atoms with van der Waals surface area (Å²) in [6, 6.07) is 1.50. The molecular formula is C12H22N2O. The molecule has 4 unspecified atom stereocenters. The first kappa shape index (κ1) is 10.1. The van der Waals surface area contributed by atoms with E-state index in [1.807, 2.05) is 0 Å². The quantitative estimate of drug-likeness (QED) is 0.738. The monoisotopic (exact) mass is 210 g/mol. The summed E-state index contributed by atoms with van der Waals surface area (Å²) in [4.78, 5) is 2.72. The summed E-state index contributed by atoms with van der Waals surface area (Å²) < 4.78 is 5.85. The molecule has 0 aromatic rings. The molecule has 2 saturated carbocycles. The average molecular weight is 210 g/mol. The minimum atomic E-state index is 0.540. The summed E-state index contributed by atoms with van der Waals surface area (Å²) in [5, 5.41) is 0. The number of morpholine rings is 1. The molecule has 4 atom stereocenters. The van der Waals surface area contributed by atoms with Crippen molar-refractivity contribution in [1.29, 1.82) is 0 Å². The van der Waals surface area contributed by atoms with Gasteiger partial charge in [-0.2, -0.15) is 0 Å². The van der Waals surface area contributed by atoms with Crippen LogP contribution >= 0.6 is 0 Å². The molecule has 0 aromatic carbocycles. The summed E-state index contributed by atoms with van der Waals surface area (Å²) in [5.41, 5.74) is 5.81. The van der Waals surface area contributed by atoms with Crippen LogP contribution in [0.1, 0.15) is 32.1 Å². The van der Waals surface area contributed by atoms with E-state index in [9.17, 15) is 0 Å². The summed E-state index contributed by atoms with van der Waals surface area (Å²) in [7, 11) is 0. The predicted octanol–water partition coefficient (Wildman–Crippen LogP) is 0.977. The Morgan fingerprint density at radius 1 is 1.13 bits per heavy atom. The second-order valence-electron chi connectivity index (χ2n) is 5.29. The van der Waals surface area contributed by atoms with E-state index in [1.54, 1.807) is 0 Å². The van der Waals surface area contributed by atoms with Crippen molar-refractivity contribution in [3.63, 3.8) is 0 Å². The average Bonchev–Trinajstić information content (AvgIpc) is 2.65. The number of ether oxygens (including phenoxy) is 1. The van der Waals surface area contributed by atoms with Crippen LogP contribution in [0.4, 0.5) is 0 Å². The largest absolute Gasteiger partial charge is 0.375 e. The summed E-state index contributed by atoms with van der Waals surface area (Å²) in [5.74, 6) is 0.768. The van der Waals surface area contributed by atoms with E-state index in [0.29, 0.717) is 6.10 Å². The number of hydrogen-bond donors (Lipinski definition) is 1. The molecule has 2 N–H and O–H groups in total. The number of fused-ring (bicyclic) bond motifs is 1. The number of hydrogen-bond acceptors (Lipinski definition) is 3. The van der Waals surface area contributed by atoms with Crippen LogP contribution in [0.3, 0.4) is 0 Å². The number of rotatable bonds is 2. The van der Waals surface area contributed by atoms with Gasteiger partial charge in [0.2, 0.25) is 0 Å². The second kappa shape index (κ2) is 4.04. The molecule has 1 aliphatic heterocycles. The lowest BCUT2D eigenvalue weighted by Crippen LogP contribution is -2.59. The van der Waals surface area contributed by atoms with Gasteiger partial charge in [-0.05, 0) is 44.6 Å². The third kappa shape index (κ3) is 1.61. The molecule has 3 rings (SSSR count). The van der Waals surface area contributed by atoms with Crippen molar-refractivity contribution in [2.45, 2.75) is 50.3 Å². The summed E-state index contributed by atoms with van der Waals surface area (Å²) in [6.45, 7) is 2.96. The number of nitrogens with zero attached hydrogens (tertiary/aromatic N) is 1. The minimum Gasteiger partial charge on any atom is -0.375 e. The molecule has 1 saturated heterocycles. The first-order chi connectivity index (χ1) is 7.40. The Bertz CT molecular complexity index is 232. The molecule has 0 spiro atoms. The molecule has 3 aliphatic rings. The van der Waals surface area contributed by atoms with Crippen LogP contribution < -0.4 is 5.73 Å². The van der Waals surface area contributed by atoms with Crippen molar-refractivity contribution in [2.75, 3.05) is 19.7 Å². The summed E-state index contributed by atoms with van der Waals surface area (Å²) in [6.07, 6.45) is 7.23. The highest BCUT2D eigenvalue weighted by atomic mass is 16.5. The van der Waals surface area contributed by atoms with Gasteiger partial charge in [-0.15, -0.1) is 0 Å². The molecule has 0 radical (unpaired) electrons. The zero-order valence-corrected chi connectivity index (χ0v) is 9.40. The van der Waals surface area contributed by atoms with Crippen LogP contribution in [0.2, 0.25) is 0 Å². The van der Waals surface area contributed by atoms with Crippen LogP contribution in [0.15, 0.2) is 0 Å². The van der Waals surface area contributed by atoms with Crippen LogP contribution in [0.25, 0.3) is 0 Å². The van der Waals surface area contributed by atoms with Crippen LogP contribution in [0.5, 0.6) is 0 Å². The smallest absolute Gasteiger partial charge is 0.0731 e. The van der Waals surface area contributed by atoms with Gasteiger partial charge in [0.05, 0.1) is 12.7 Å². The van der Waals surface area contributed by atoms with Crippen LogP contribution in [0, 0.1) is 5.92 Å². The normalized spacial score (nSPS) is 46.2. The SMILES string of the molecule is NCC1CCC1N1CCOC2CCCC21. The van der Waals surface area contributed by atoms with Gasteiger partial charge in [-0.25, -0.2) is 0 Å². The van der Waals surface area contributed by atoms with Crippen LogP contribution in [-0.4, -0.2) is 42.8 Å². The Hall–Kier alpha value is -0.120. The van der Waals surface area contributed by atoms with Crippen molar-refractivity contribution in [1.82, 2.24) is 4.90 Å². The van der Waals surface area contributed by atoms with Gasteiger partial charge in [0.25, 0.3) is 0 Å². The zero-order chi connectivity index (χ0) is 10.3. The van der Waals surface area contributed by atoms with Gasteiger partial charge >= 0.3 is 0 Å². The van der Waals surface area contributed by atoms with E-state index >= 15 is 0 Å². The standard InChI is InChI=1S/C12H22N2O/c13-8-9-4-5-10(9)14-6-7-15-12-3-1-2-11(12)14/h9-12H,1-8,13H2. The third-order valence-electron chi connectivity index (χ3n) is 4.63. The molecule has 2 aliphatic carbocycles. The highest BCUT2D eigenvalue weighted by molar-refractivity contribution is 4.98. The van der Waals surface area contributed by atoms with Gasteiger partial charge < -0.3 is 10.5 Å². The number of nitrogens with two attached hydrogens (primary N) is 1. The molecular weight excluding hydrogens is 188 g/mol. The third-order valence-corrected chi connectivity index (χ3v) is 4.63. The maximum Gasteiger partial charge on any atom is 0.0731 e. The highest BCUT2D eigenvalue weighted by Crippen LogP contribution is 2.38. The van der Waals surface area contributed by atoms with E-state index in [1.165, 1.54) is 32.1 Å². The molecule has 15 heavy (non-hydrogen) atoms. The van der Waals surface area contributed by atoms with E-state index in [0.717, 1.165) is 37.7 Å². The molecule has 0 bridgehead atoms. The molecule has 0 aromatic heterocycles. The Balaban J connectivity index is 1.69. The lowest BCUT2D eigenvalue weighted by atomic mass is 9.77. The first-order valence-electron chi connectivity index (χ1n) is 6.47. The van der Waals surface area contributed by atoms with Gasteiger partial charge in [-0.1, -0.05) is 0 Å². The van der Waals surface area contributed by atoms with E-state index in [4.69, 9.17) is 10.5 Å². The fourth-order valence-corrected chi connectivity index (χ4v) is 3.63. The van der Waals surface area contributed by atoms with E-state index in [2.05, 4.69) is 4.90 Å². The van der Waals surface area contributed by atoms with E-state index < -0.39 is 0 Å². The summed E-state index contributed by atoms with van der Waals surface area (Å²) >= 11 is 0. The van der Waals surface area contributed by atoms with Gasteiger partial charge in [0, 0.05) is 18.6 Å². The fourth-order valence-electron chi connectivity index (χ4n) is 3.63. The van der Waals surface area contributed by atoms with Crippen molar-refractivity contribution in [3.8, 4) is 0 Å². The van der Waals surface area contributed by atoms with Gasteiger partial charge in [0.15, 0.2) is 0 Å². The fraction of sp³-hybridized carbons (Fsp3) is 1.00. The maximum absolute atomic E-state index is 5.85. The Morgan fingerprint density at radius 2 is 2.07 bits per heavy atom. The lowest BCUT2D eigenvalue weighted by Gasteiger charge is -2.50. The van der Waals surface area contributed by atoms with Crippen molar-refractivity contribution in [2.24, 2.45) is 11.7 Å². The van der Waals surface area contributed by atoms with Gasteiger partial charge in [-0.3, -0.25) is 4.90 Å². The van der Waals surface area contributed by atoms with Crippen molar-refractivity contribution >= 4 is 0 Å². The van der Waals surface area contributed by atoms with Crippen molar-refractivity contribution in [3.05, 3.63) is 0 Å². The van der Waals surface area contributed by atoms with Crippen LogP contribution in [-0.2, 0) is 4.74 Å². The molecule has 86 valence electrons. The molecule has 3 heteroatoms. The Morgan fingerprint density at radius 3 is 2.80 bits per heavy atom. The van der Waals surface area contributed by atoms with Gasteiger partial charge in [0.1, 0.15) is 0 Å². The maximum atomic E-state index is 5.85. The second-order valence-corrected chi connectivity index (χ2v) is 5.29. The van der Waals surface area contributed by atoms with Crippen molar-refractivity contribution < 1.29 is 4.74 Å². The topological polar surface area (TPSA) is 38.5 Å². The Kier molecular flexibility index (Phi) is 2.71. The highest BCUT2D eigenvalue weighted by Gasteiger charge is 2.43. The molecule has 1 heterocycles. The minimum absolute atomic E-state index is 0.540. The van der Waals surface area contributed by atoms with E-state index in [-0.39, 0.29) is 0 Å². The molecule has 3 fully saturated rings. The molecule has 3 nitrogen and oxygen atoms in total.